The van der Waals surface area contributed by atoms with Crippen molar-refractivity contribution in [2.75, 3.05) is 6.61 Å². The molecule has 0 aliphatic carbocycles. The molecule has 0 aromatic heterocycles. The lowest BCUT2D eigenvalue weighted by Gasteiger charge is -2.10. The summed E-state index contributed by atoms with van der Waals surface area (Å²) in [7, 11) is 0. The zero-order chi connectivity index (χ0) is 8.81. The first-order chi connectivity index (χ1) is 5.83. The van der Waals surface area contributed by atoms with Crippen molar-refractivity contribution in [2.45, 2.75) is 13.0 Å². The van der Waals surface area contributed by atoms with E-state index in [4.69, 9.17) is 9.94 Å². The van der Waals surface area contributed by atoms with E-state index >= 15 is 0 Å². The first kappa shape index (κ1) is 9.03. The van der Waals surface area contributed by atoms with Gasteiger partial charge in [0.1, 0.15) is 12.4 Å². The number of benzene rings is 1. The lowest BCUT2D eigenvalue weighted by Crippen LogP contribution is -2.28. The molecular formula is C9H13NO2. The summed E-state index contributed by atoms with van der Waals surface area (Å²) < 4.78 is 5.34. The Bertz CT molecular complexity index is 213. The second-order valence-corrected chi connectivity index (χ2v) is 2.65. The number of hydrogen-bond acceptors (Lipinski definition) is 3. The molecule has 0 aliphatic rings. The molecule has 0 radical (unpaired) electrons. The van der Waals surface area contributed by atoms with Crippen molar-refractivity contribution in [2.24, 2.45) is 0 Å². The van der Waals surface area contributed by atoms with Crippen LogP contribution in [0.25, 0.3) is 0 Å². The van der Waals surface area contributed by atoms with E-state index in [0.717, 1.165) is 5.75 Å². The van der Waals surface area contributed by atoms with Gasteiger partial charge in [0, 0.05) is 0 Å². The van der Waals surface area contributed by atoms with Gasteiger partial charge in [-0.15, -0.1) is 0 Å². The minimum absolute atomic E-state index is 0.0507. The molecule has 12 heavy (non-hydrogen) atoms. The van der Waals surface area contributed by atoms with Crippen molar-refractivity contribution in [1.82, 2.24) is 5.48 Å². The van der Waals surface area contributed by atoms with Gasteiger partial charge in [0.2, 0.25) is 0 Å². The molecule has 1 aromatic rings. The molecule has 0 spiro atoms. The van der Waals surface area contributed by atoms with Gasteiger partial charge in [-0.05, 0) is 19.1 Å². The minimum Gasteiger partial charge on any atom is -0.492 e. The van der Waals surface area contributed by atoms with Crippen LogP contribution in [0.15, 0.2) is 30.3 Å². The van der Waals surface area contributed by atoms with Crippen LogP contribution in [0.4, 0.5) is 0 Å². The second kappa shape index (κ2) is 4.74. The first-order valence-electron chi connectivity index (χ1n) is 3.90. The van der Waals surface area contributed by atoms with E-state index < -0.39 is 0 Å². The van der Waals surface area contributed by atoms with E-state index in [-0.39, 0.29) is 6.04 Å². The zero-order valence-corrected chi connectivity index (χ0v) is 7.03. The van der Waals surface area contributed by atoms with Crippen molar-refractivity contribution in [3.8, 4) is 5.75 Å². The molecular weight excluding hydrogens is 154 g/mol. The van der Waals surface area contributed by atoms with Crippen LogP contribution in [-0.4, -0.2) is 17.9 Å². The summed E-state index contributed by atoms with van der Waals surface area (Å²) in [6.45, 7) is 2.30. The summed E-state index contributed by atoms with van der Waals surface area (Å²) in [6, 6.07) is 9.46. The number of hydrogen-bond donors (Lipinski definition) is 2. The highest BCUT2D eigenvalue weighted by atomic mass is 16.5. The Morgan fingerprint density at radius 2 is 2.08 bits per heavy atom. The van der Waals surface area contributed by atoms with Crippen LogP contribution in [0.5, 0.6) is 5.75 Å². The molecule has 3 nitrogen and oxygen atoms in total. The monoisotopic (exact) mass is 167 g/mol. The molecule has 1 atom stereocenters. The van der Waals surface area contributed by atoms with Crippen LogP contribution in [0.3, 0.4) is 0 Å². The third-order valence-corrected chi connectivity index (χ3v) is 1.46. The van der Waals surface area contributed by atoms with Crippen molar-refractivity contribution >= 4 is 0 Å². The largest absolute Gasteiger partial charge is 0.492 e. The van der Waals surface area contributed by atoms with Gasteiger partial charge in [-0.2, -0.15) is 5.48 Å². The van der Waals surface area contributed by atoms with Crippen molar-refractivity contribution in [3.63, 3.8) is 0 Å². The van der Waals surface area contributed by atoms with E-state index in [0.29, 0.717) is 6.61 Å². The van der Waals surface area contributed by atoms with Crippen molar-refractivity contribution in [1.29, 1.82) is 0 Å². The maximum atomic E-state index is 8.48. The van der Waals surface area contributed by atoms with E-state index in [9.17, 15) is 0 Å². The molecule has 0 saturated heterocycles. The number of rotatable bonds is 4. The highest BCUT2D eigenvalue weighted by Gasteiger charge is 1.98. The molecule has 66 valence electrons. The van der Waals surface area contributed by atoms with Gasteiger partial charge in [0.25, 0.3) is 0 Å². The lowest BCUT2D eigenvalue weighted by atomic mass is 10.3. The Morgan fingerprint density at radius 1 is 1.42 bits per heavy atom. The van der Waals surface area contributed by atoms with Crippen LogP contribution in [0.2, 0.25) is 0 Å². The number of hydroxylamine groups is 1. The van der Waals surface area contributed by atoms with Gasteiger partial charge < -0.3 is 9.94 Å². The standard InChI is InChI=1S/C9H13NO2/c1-8(10-11)7-12-9-5-3-2-4-6-9/h2-6,8,10-11H,7H2,1H3. The van der Waals surface area contributed by atoms with Crippen LogP contribution in [0, 0.1) is 0 Å². The fourth-order valence-electron chi connectivity index (χ4n) is 0.775. The molecule has 0 saturated carbocycles. The van der Waals surface area contributed by atoms with Crippen molar-refractivity contribution < 1.29 is 9.94 Å². The van der Waals surface area contributed by atoms with E-state index in [1.807, 2.05) is 37.3 Å². The fraction of sp³-hybridized carbons (Fsp3) is 0.333. The molecule has 0 heterocycles. The third-order valence-electron chi connectivity index (χ3n) is 1.46. The first-order valence-corrected chi connectivity index (χ1v) is 3.90. The predicted octanol–water partition coefficient (Wildman–Crippen LogP) is 1.43. The smallest absolute Gasteiger partial charge is 0.119 e. The second-order valence-electron chi connectivity index (χ2n) is 2.65. The maximum absolute atomic E-state index is 8.48. The molecule has 2 N–H and O–H groups in total. The highest BCUT2D eigenvalue weighted by Crippen LogP contribution is 2.07. The topological polar surface area (TPSA) is 41.5 Å². The Hall–Kier alpha value is -1.06. The van der Waals surface area contributed by atoms with E-state index in [1.54, 1.807) is 0 Å². The normalized spacial score (nSPS) is 12.5. The zero-order valence-electron chi connectivity index (χ0n) is 7.03. The molecule has 0 bridgehead atoms. The van der Waals surface area contributed by atoms with Gasteiger partial charge in [-0.1, -0.05) is 18.2 Å². The van der Waals surface area contributed by atoms with Gasteiger partial charge in [-0.25, -0.2) is 0 Å². The van der Waals surface area contributed by atoms with E-state index in [1.165, 1.54) is 0 Å². The minimum atomic E-state index is -0.0507. The Labute approximate surface area is 71.9 Å². The molecule has 1 rings (SSSR count). The predicted molar refractivity (Wildman–Crippen MR) is 46.3 cm³/mol. The summed E-state index contributed by atoms with van der Waals surface area (Å²) in [5.41, 5.74) is 2.11. The summed E-state index contributed by atoms with van der Waals surface area (Å²) in [5.74, 6) is 0.819. The summed E-state index contributed by atoms with van der Waals surface area (Å²) >= 11 is 0. The highest BCUT2D eigenvalue weighted by molar-refractivity contribution is 5.20. The SMILES string of the molecule is CC(COc1ccccc1)NO. The van der Waals surface area contributed by atoms with Crippen LogP contribution in [-0.2, 0) is 0 Å². The lowest BCUT2D eigenvalue weighted by molar-refractivity contribution is 0.105. The third kappa shape index (κ3) is 2.90. The van der Waals surface area contributed by atoms with Gasteiger partial charge in [0.15, 0.2) is 0 Å². The quantitative estimate of drug-likeness (QED) is 0.666. The van der Waals surface area contributed by atoms with Gasteiger partial charge in [-0.3, -0.25) is 0 Å². The molecule has 0 aliphatic heterocycles. The Balaban J connectivity index is 2.33. The molecule has 0 amide bonds. The summed E-state index contributed by atoms with van der Waals surface area (Å²) in [5, 5.41) is 8.48. The Morgan fingerprint density at radius 3 is 2.67 bits per heavy atom. The number of nitrogens with one attached hydrogen (secondary N) is 1. The summed E-state index contributed by atoms with van der Waals surface area (Å²) in [4.78, 5) is 0. The number of para-hydroxylation sites is 1. The maximum Gasteiger partial charge on any atom is 0.119 e. The Kier molecular flexibility index (Phi) is 3.57. The number of ether oxygens (including phenoxy) is 1. The average Bonchev–Trinajstić information content (AvgIpc) is 2.16. The average molecular weight is 167 g/mol. The van der Waals surface area contributed by atoms with Crippen LogP contribution >= 0.6 is 0 Å². The van der Waals surface area contributed by atoms with Gasteiger partial charge >= 0.3 is 0 Å². The molecule has 1 aromatic carbocycles. The fourth-order valence-corrected chi connectivity index (χ4v) is 0.775. The van der Waals surface area contributed by atoms with Crippen molar-refractivity contribution in [3.05, 3.63) is 30.3 Å². The van der Waals surface area contributed by atoms with Crippen LogP contribution < -0.4 is 10.2 Å². The van der Waals surface area contributed by atoms with Crippen LogP contribution in [0.1, 0.15) is 6.92 Å². The van der Waals surface area contributed by atoms with Gasteiger partial charge in [0.05, 0.1) is 6.04 Å². The molecule has 3 heteroatoms. The molecule has 0 fully saturated rings. The van der Waals surface area contributed by atoms with E-state index in [2.05, 4.69) is 5.48 Å². The molecule has 1 unspecified atom stereocenters. The summed E-state index contributed by atoms with van der Waals surface area (Å²) in [6.07, 6.45) is 0.